The quantitative estimate of drug-likeness (QED) is 0.0712. The molecule has 42 heavy (non-hydrogen) atoms. The summed E-state index contributed by atoms with van der Waals surface area (Å²) in [5.41, 5.74) is 2.07. The Morgan fingerprint density at radius 2 is 1.74 bits per heavy atom. The molecule has 0 aliphatic heterocycles. The Morgan fingerprint density at radius 1 is 1.10 bits per heavy atom. The number of phenolic OH excluding ortho intramolecular Hbond substituents is 3. The molecule has 3 aromatic rings. The predicted molar refractivity (Wildman–Crippen MR) is 149 cm³/mol. The number of aromatic nitrogens is 1. The summed E-state index contributed by atoms with van der Waals surface area (Å²) in [7, 11) is 1.12. The van der Waals surface area contributed by atoms with Crippen LogP contribution in [-0.4, -0.2) is 62.7 Å². The highest BCUT2D eigenvalue weighted by atomic mass is 79.9. The second kappa shape index (κ2) is 8.84. The van der Waals surface area contributed by atoms with Crippen LogP contribution in [0.1, 0.15) is 64.7 Å². The number of hydrazone groups is 1. The number of hydrogen-bond donors (Lipinski definition) is 7. The number of Topliss-reactive ketones (excluding diaryl/α,β-unsaturated/α-hetero) is 3. The fourth-order valence-electron chi connectivity index (χ4n) is 6.04. The van der Waals surface area contributed by atoms with Gasteiger partial charge in [-0.25, -0.2) is 5.43 Å². The maximum absolute atomic E-state index is 14.1. The molecule has 8 N–H and O–H groups in total. The van der Waals surface area contributed by atoms with Crippen LogP contribution < -0.4 is 16.7 Å². The molecule has 0 saturated carbocycles. The van der Waals surface area contributed by atoms with Gasteiger partial charge in [0.2, 0.25) is 11.7 Å². The highest BCUT2D eigenvalue weighted by Gasteiger charge is 2.62. The Hall–Kier alpha value is -5.31. The number of methoxy groups -OCH3 is 1. The second-order valence-corrected chi connectivity index (χ2v) is 10.6. The Balaban J connectivity index is 1.59. The molecular formula is C27H18BrN5O9. The Kier molecular flexibility index (Phi) is 5.66. The highest BCUT2D eigenvalue weighted by Crippen LogP contribution is 2.58. The van der Waals surface area contributed by atoms with Crippen LogP contribution in [0.2, 0.25) is 0 Å². The van der Waals surface area contributed by atoms with Crippen LogP contribution in [0.4, 0.5) is 0 Å². The van der Waals surface area contributed by atoms with Crippen molar-refractivity contribution < 1.29 is 39.2 Å². The molecule has 6 rings (SSSR count). The topological polar surface area (TPSA) is 245 Å². The highest BCUT2D eigenvalue weighted by molar-refractivity contribution is 9.10. The average Bonchev–Trinajstić information content (AvgIpc) is 3.44. The van der Waals surface area contributed by atoms with Gasteiger partial charge >= 0.3 is 0 Å². The maximum Gasteiger partial charge on any atom is 0.260 e. The van der Waals surface area contributed by atoms with E-state index in [4.69, 9.17) is 15.9 Å². The molecular weight excluding hydrogens is 618 g/mol. The molecule has 0 fully saturated rings. The molecule has 1 spiro atoms. The number of ether oxygens (including phenoxy) is 1. The van der Waals surface area contributed by atoms with Crippen molar-refractivity contribution in [2.45, 2.75) is 18.3 Å². The fourth-order valence-corrected chi connectivity index (χ4v) is 6.75. The number of phenols is 3. The van der Waals surface area contributed by atoms with E-state index in [0.717, 1.165) is 13.2 Å². The number of benzene rings is 2. The number of carbonyl (C=O) groups is 4. The molecule has 0 unspecified atom stereocenters. The van der Waals surface area contributed by atoms with E-state index in [-0.39, 0.29) is 34.9 Å². The van der Waals surface area contributed by atoms with Gasteiger partial charge in [-0.3, -0.25) is 29.4 Å². The Bertz CT molecular complexity index is 2030. The SMILES string of the molecule is COC1=CC(=O)c2c(O)c3c(c(O)c2C1=O)C(=O)[C@]1(CCc2c1c(O)c1c(=O)[nH]c(/C=N/NC(=N)N)cc1c2Br)C3=O. The molecule has 0 bridgehead atoms. The lowest BCUT2D eigenvalue weighted by molar-refractivity contribution is 0.0790. The number of carbonyl (C=O) groups excluding carboxylic acids is 4. The number of aromatic hydroxyl groups is 3. The first-order chi connectivity index (χ1) is 19.9. The van der Waals surface area contributed by atoms with Crippen molar-refractivity contribution in [1.29, 1.82) is 5.41 Å². The minimum Gasteiger partial charge on any atom is -0.507 e. The average molecular weight is 636 g/mol. The molecule has 1 aromatic heterocycles. The lowest BCUT2D eigenvalue weighted by Crippen LogP contribution is -2.36. The summed E-state index contributed by atoms with van der Waals surface area (Å²) in [5.74, 6) is -7.38. The lowest BCUT2D eigenvalue weighted by Gasteiger charge is -2.23. The number of guanidine groups is 1. The molecule has 0 amide bonds. The molecule has 0 saturated heterocycles. The summed E-state index contributed by atoms with van der Waals surface area (Å²) >= 11 is 3.44. The number of nitrogens with one attached hydrogen (secondary N) is 3. The number of nitrogens with two attached hydrogens (primary N) is 1. The van der Waals surface area contributed by atoms with Gasteiger partial charge in [0.1, 0.15) is 22.7 Å². The van der Waals surface area contributed by atoms with Crippen LogP contribution >= 0.6 is 15.9 Å². The first-order valence-electron chi connectivity index (χ1n) is 12.2. The summed E-state index contributed by atoms with van der Waals surface area (Å²) in [5, 5.41) is 44.5. The van der Waals surface area contributed by atoms with E-state index >= 15 is 0 Å². The zero-order valence-corrected chi connectivity index (χ0v) is 22.9. The summed E-state index contributed by atoms with van der Waals surface area (Å²) in [6.07, 6.45) is 1.83. The number of H-pyrrole nitrogens is 1. The summed E-state index contributed by atoms with van der Waals surface area (Å²) < 4.78 is 5.20. The molecule has 1 atom stereocenters. The van der Waals surface area contributed by atoms with Gasteiger partial charge in [0, 0.05) is 21.5 Å². The monoisotopic (exact) mass is 635 g/mol. The Labute approximate surface area is 242 Å². The molecule has 3 aliphatic carbocycles. The first kappa shape index (κ1) is 26.9. The number of hydrogen-bond acceptors (Lipinski definition) is 11. The van der Waals surface area contributed by atoms with Crippen LogP contribution in [0.25, 0.3) is 10.8 Å². The number of aromatic amines is 1. The van der Waals surface area contributed by atoms with Gasteiger partial charge in [0.05, 0.1) is 46.7 Å². The smallest absolute Gasteiger partial charge is 0.260 e. The van der Waals surface area contributed by atoms with Crippen LogP contribution in [0.5, 0.6) is 17.2 Å². The van der Waals surface area contributed by atoms with Crippen molar-refractivity contribution in [2.75, 3.05) is 7.11 Å². The number of halogens is 1. The van der Waals surface area contributed by atoms with Gasteiger partial charge < -0.3 is 30.8 Å². The number of nitrogens with zero attached hydrogens (tertiary/aromatic N) is 1. The standard InChI is InChI=1S/C27H18BrN5O9/c1-42-11-5-10(34)13-14(19(11)35)21(37)16-15(20(13)36)23(39)27(24(16)40)3-2-8-17(27)22(38)12-9(18(8)28)4-7(32-25(12)41)6-31-33-26(29)30/h4-6,36-38H,2-3H2,1H3,(H,32,41)(H4,29,30,33)/b31-6+/t27-/m0/s1. The van der Waals surface area contributed by atoms with E-state index in [1.165, 1.54) is 12.3 Å². The normalized spacial score (nSPS) is 19.0. The zero-order valence-electron chi connectivity index (χ0n) is 21.3. The van der Waals surface area contributed by atoms with Gasteiger partial charge in [-0.1, -0.05) is 0 Å². The molecule has 14 nitrogen and oxygen atoms in total. The van der Waals surface area contributed by atoms with Crippen molar-refractivity contribution in [1.82, 2.24) is 10.4 Å². The van der Waals surface area contributed by atoms with Crippen molar-refractivity contribution in [3.8, 4) is 17.2 Å². The number of rotatable bonds is 3. The van der Waals surface area contributed by atoms with E-state index in [9.17, 15) is 39.3 Å². The summed E-state index contributed by atoms with van der Waals surface area (Å²) in [6.45, 7) is 0. The minimum absolute atomic E-state index is 0.0570. The van der Waals surface area contributed by atoms with Gasteiger partial charge in [0.25, 0.3) is 5.56 Å². The van der Waals surface area contributed by atoms with Gasteiger partial charge in [-0.15, -0.1) is 0 Å². The van der Waals surface area contributed by atoms with Crippen LogP contribution in [-0.2, 0) is 16.6 Å². The van der Waals surface area contributed by atoms with E-state index in [1.54, 1.807) is 0 Å². The third-order valence-corrected chi connectivity index (χ3v) is 8.66. The van der Waals surface area contributed by atoms with Gasteiger partial charge in [0.15, 0.2) is 23.1 Å². The predicted octanol–water partition coefficient (Wildman–Crippen LogP) is 1.40. The zero-order chi connectivity index (χ0) is 30.4. The molecule has 15 heteroatoms. The van der Waals surface area contributed by atoms with Crippen molar-refractivity contribution in [3.63, 3.8) is 0 Å². The molecule has 212 valence electrons. The fraction of sp³-hybridized carbons (Fsp3) is 0.148. The number of fused-ring (bicyclic) bond motifs is 5. The van der Waals surface area contributed by atoms with Crippen molar-refractivity contribution in [3.05, 3.63) is 71.8 Å². The number of ketones is 4. The van der Waals surface area contributed by atoms with E-state index < -0.39 is 85.3 Å². The minimum atomic E-state index is -2.17. The first-order valence-corrected chi connectivity index (χ1v) is 13.0. The molecule has 3 aliphatic rings. The van der Waals surface area contributed by atoms with Gasteiger partial charge in [-0.2, -0.15) is 5.10 Å². The summed E-state index contributed by atoms with van der Waals surface area (Å²) in [4.78, 5) is 69.6. The van der Waals surface area contributed by atoms with Crippen LogP contribution in [0.3, 0.4) is 0 Å². The summed E-state index contributed by atoms with van der Waals surface area (Å²) in [6, 6.07) is 1.47. The third-order valence-electron chi connectivity index (χ3n) is 7.75. The Morgan fingerprint density at radius 3 is 2.36 bits per heavy atom. The number of allylic oxidation sites excluding steroid dienone is 2. The van der Waals surface area contributed by atoms with Crippen molar-refractivity contribution >= 4 is 62.0 Å². The van der Waals surface area contributed by atoms with E-state index in [1.807, 2.05) is 0 Å². The lowest BCUT2D eigenvalue weighted by atomic mass is 9.76. The van der Waals surface area contributed by atoms with Gasteiger partial charge in [-0.05, 0) is 40.4 Å². The third kappa shape index (κ3) is 3.21. The van der Waals surface area contributed by atoms with Crippen LogP contribution in [0.15, 0.2) is 32.3 Å². The maximum atomic E-state index is 14.1. The van der Waals surface area contributed by atoms with E-state index in [2.05, 4.69) is 31.4 Å². The van der Waals surface area contributed by atoms with Crippen LogP contribution in [0, 0.1) is 5.41 Å². The second-order valence-electron chi connectivity index (χ2n) is 9.81. The number of pyridine rings is 1. The molecule has 1 heterocycles. The van der Waals surface area contributed by atoms with Crippen molar-refractivity contribution in [2.24, 2.45) is 10.8 Å². The molecule has 2 aromatic carbocycles. The largest absolute Gasteiger partial charge is 0.507 e. The van der Waals surface area contributed by atoms with E-state index in [0.29, 0.717) is 10.0 Å². The molecule has 0 radical (unpaired) electrons.